The van der Waals surface area contributed by atoms with Gasteiger partial charge in [-0.1, -0.05) is 201 Å². The predicted molar refractivity (Wildman–Crippen MR) is 362 cm³/mol. The average molecular weight is 1230 g/mol. The SMILES string of the molecule is CCC1=C(CC)/C(=C(\c2ccc3ccc4ccc(/C(=C5\N=C(C(=O)OCc6ccccc6)C(CC)=C5CC)c5[nH]c(C(=O)OCc6ccccc6)c(CC)c5CC)nc4c3n2)c2[nH]c(C(=O)OCc3ccccc3)c(CC)c2CC)N=C1C(=O)OCc1ccccc1. The van der Waals surface area contributed by atoms with E-state index in [2.05, 4.69) is 37.7 Å². The maximum absolute atomic E-state index is 14.5. The van der Waals surface area contributed by atoms with Crippen LogP contribution in [0.1, 0.15) is 169 Å². The van der Waals surface area contributed by atoms with Crippen molar-refractivity contribution in [1.29, 1.82) is 0 Å². The molecule has 0 spiro atoms. The molecule has 466 valence electrons. The Labute approximate surface area is 537 Å². The molecular weight excluding hydrogens is 1150 g/mol. The molecule has 2 N–H and O–H groups in total. The minimum absolute atomic E-state index is 0.0666. The van der Waals surface area contributed by atoms with Gasteiger partial charge in [-0.2, -0.15) is 0 Å². The molecule has 14 nitrogen and oxygen atoms in total. The number of benzene rings is 5. The third-order valence-corrected chi connectivity index (χ3v) is 17.2. The lowest BCUT2D eigenvalue weighted by molar-refractivity contribution is -0.137. The van der Waals surface area contributed by atoms with E-state index in [9.17, 15) is 19.2 Å². The van der Waals surface area contributed by atoms with E-state index in [1.807, 2.05) is 185 Å². The first-order valence-corrected chi connectivity index (χ1v) is 32.1. The first-order valence-electron chi connectivity index (χ1n) is 32.1. The van der Waals surface area contributed by atoms with Crippen LogP contribution in [0.4, 0.5) is 0 Å². The van der Waals surface area contributed by atoms with Crippen molar-refractivity contribution >= 4 is 68.3 Å². The molecule has 0 unspecified atom stereocenters. The Hall–Kier alpha value is -10.3. The summed E-state index contributed by atoms with van der Waals surface area (Å²) in [6, 6.07) is 50.3. The monoisotopic (exact) mass is 1220 g/mol. The standard InChI is InChI=1S/C78H76N6O8/c1-9-53-57(13-5)71(75(85)89-43-47-29-21-17-22-30-47)81-67(53)63(68-54(10-2)58(14-6)72(82-68)76(86)90-44-48-31-23-18-24-32-48)61-41-39-51-37-38-52-40-42-62(80-66(52)65(51)79-61)64(69-55(11-3)59(15-7)73(83-69)77(87)91-45-49-33-25-19-26-34-49)70-56(12-4)60(16-8)74(84-70)78(88)92-46-50-35-27-20-28-36-50/h17-42,81,83H,9-16,43-46H2,1-8H3/b68-63-,70-64+. The van der Waals surface area contributed by atoms with Crippen molar-refractivity contribution in [3.8, 4) is 0 Å². The van der Waals surface area contributed by atoms with E-state index in [1.165, 1.54) is 0 Å². The van der Waals surface area contributed by atoms with Crippen LogP contribution in [-0.2, 0) is 80.6 Å². The van der Waals surface area contributed by atoms with Crippen LogP contribution in [0, 0.1) is 0 Å². The number of nitrogens with zero attached hydrogens (tertiary/aromatic N) is 4. The number of aromatic amines is 2. The van der Waals surface area contributed by atoms with Crippen molar-refractivity contribution in [2.24, 2.45) is 9.98 Å². The van der Waals surface area contributed by atoms with Crippen LogP contribution in [0.15, 0.2) is 201 Å². The Bertz CT molecular complexity index is 4200. The van der Waals surface area contributed by atoms with Gasteiger partial charge in [-0.05, 0) is 130 Å². The van der Waals surface area contributed by atoms with Crippen LogP contribution in [0.25, 0.3) is 33.0 Å². The molecular formula is C78H76N6O8. The number of ether oxygens (including phenoxy) is 4. The average Bonchev–Trinajstić information content (AvgIpc) is 1.50. The summed E-state index contributed by atoms with van der Waals surface area (Å²) in [6.07, 6.45) is 4.12. The van der Waals surface area contributed by atoms with E-state index in [1.54, 1.807) is 0 Å². The highest BCUT2D eigenvalue weighted by atomic mass is 16.5. The number of aliphatic imine (C=N–C) groups is 2. The van der Waals surface area contributed by atoms with Gasteiger partial charge in [0.05, 0.1) is 45.2 Å². The molecule has 0 radical (unpaired) electrons. The molecule has 0 amide bonds. The fraction of sp³-hybridized carbons (Fsp3) is 0.256. The first-order chi connectivity index (χ1) is 44.9. The fourth-order valence-corrected chi connectivity index (χ4v) is 12.8. The summed E-state index contributed by atoms with van der Waals surface area (Å²) in [5, 5.41) is 1.59. The molecule has 0 bridgehead atoms. The number of allylic oxidation sites excluding steroid dienone is 2. The summed E-state index contributed by atoms with van der Waals surface area (Å²) in [5.74, 6) is -2.09. The third-order valence-electron chi connectivity index (χ3n) is 17.2. The van der Waals surface area contributed by atoms with Gasteiger partial charge in [0, 0.05) is 21.9 Å². The Kier molecular flexibility index (Phi) is 19.7. The molecule has 2 aliphatic heterocycles. The zero-order valence-corrected chi connectivity index (χ0v) is 53.6. The minimum atomic E-state index is -0.544. The van der Waals surface area contributed by atoms with Crippen molar-refractivity contribution in [3.63, 3.8) is 0 Å². The van der Waals surface area contributed by atoms with Crippen LogP contribution < -0.4 is 0 Å². The predicted octanol–water partition coefficient (Wildman–Crippen LogP) is 16.6. The molecule has 14 heteroatoms. The normalized spacial score (nSPS) is 14.2. The van der Waals surface area contributed by atoms with Gasteiger partial charge in [0.15, 0.2) is 11.4 Å². The van der Waals surface area contributed by atoms with Crippen LogP contribution >= 0.6 is 0 Å². The molecule has 2 aliphatic rings. The van der Waals surface area contributed by atoms with Gasteiger partial charge < -0.3 is 28.9 Å². The van der Waals surface area contributed by atoms with E-state index >= 15 is 0 Å². The summed E-state index contributed by atoms with van der Waals surface area (Å²) in [6.45, 7) is 16.6. The number of nitrogens with one attached hydrogen (secondary N) is 2. The van der Waals surface area contributed by atoms with Crippen molar-refractivity contribution < 1.29 is 38.1 Å². The molecule has 0 fully saturated rings. The summed E-state index contributed by atoms with van der Waals surface area (Å²) in [7, 11) is 0. The van der Waals surface area contributed by atoms with Gasteiger partial charge >= 0.3 is 23.9 Å². The lowest BCUT2D eigenvalue weighted by atomic mass is 9.92. The lowest BCUT2D eigenvalue weighted by Crippen LogP contribution is -2.18. The number of esters is 4. The molecule has 0 saturated carbocycles. The molecule has 0 atom stereocenters. The Balaban J connectivity index is 1.13. The summed E-state index contributed by atoms with van der Waals surface area (Å²) >= 11 is 0. The summed E-state index contributed by atoms with van der Waals surface area (Å²) in [5.41, 5.74) is 16.9. The number of H-pyrrole nitrogens is 2. The van der Waals surface area contributed by atoms with E-state index in [0.29, 0.717) is 119 Å². The van der Waals surface area contributed by atoms with Crippen molar-refractivity contribution in [3.05, 3.63) is 270 Å². The lowest BCUT2D eigenvalue weighted by Gasteiger charge is -2.16. The Morgan fingerprint density at radius 2 is 0.609 bits per heavy atom. The molecule has 6 heterocycles. The van der Waals surface area contributed by atoms with Gasteiger partial charge in [0.25, 0.3) is 0 Å². The van der Waals surface area contributed by atoms with Gasteiger partial charge in [0.1, 0.15) is 37.8 Å². The smallest absolute Gasteiger partial charge is 0.357 e. The summed E-state index contributed by atoms with van der Waals surface area (Å²) in [4.78, 5) is 86.9. The minimum Gasteiger partial charge on any atom is -0.456 e. The van der Waals surface area contributed by atoms with Gasteiger partial charge in [-0.3, -0.25) is 0 Å². The number of hydrogen-bond acceptors (Lipinski definition) is 12. The van der Waals surface area contributed by atoms with Crippen molar-refractivity contribution in [2.75, 3.05) is 0 Å². The van der Waals surface area contributed by atoms with Gasteiger partial charge in [-0.15, -0.1) is 0 Å². The van der Waals surface area contributed by atoms with Gasteiger partial charge in [0.2, 0.25) is 0 Å². The largest absolute Gasteiger partial charge is 0.456 e. The zero-order chi connectivity index (χ0) is 64.4. The maximum atomic E-state index is 14.5. The Morgan fingerprint density at radius 3 is 0.902 bits per heavy atom. The Morgan fingerprint density at radius 1 is 0.326 bits per heavy atom. The third kappa shape index (κ3) is 12.7. The second kappa shape index (κ2) is 28.7. The second-order valence-corrected chi connectivity index (χ2v) is 22.6. The number of carbonyl (C=O) groups excluding carboxylic acids is 4. The molecule has 0 saturated heterocycles. The number of carbonyl (C=O) groups is 4. The maximum Gasteiger partial charge on any atom is 0.357 e. The number of aromatic nitrogens is 4. The highest BCUT2D eigenvalue weighted by Gasteiger charge is 2.36. The topological polar surface area (TPSA) is 187 Å². The molecule has 4 aromatic heterocycles. The first kappa shape index (κ1) is 63.2. The molecule has 9 aromatic rings. The van der Waals surface area contributed by atoms with Crippen molar-refractivity contribution in [1.82, 2.24) is 19.9 Å². The molecule has 92 heavy (non-hydrogen) atoms. The van der Waals surface area contributed by atoms with E-state index in [4.69, 9.17) is 38.9 Å². The van der Waals surface area contributed by atoms with Crippen LogP contribution in [0.5, 0.6) is 0 Å². The van der Waals surface area contributed by atoms with E-state index < -0.39 is 23.9 Å². The number of fused-ring (bicyclic) bond motifs is 3. The van der Waals surface area contributed by atoms with Crippen LogP contribution in [0.3, 0.4) is 0 Å². The fourth-order valence-electron chi connectivity index (χ4n) is 12.8. The van der Waals surface area contributed by atoms with Gasteiger partial charge in [-0.25, -0.2) is 39.1 Å². The molecule has 0 aliphatic carbocycles. The highest BCUT2D eigenvalue weighted by molar-refractivity contribution is 6.45. The second-order valence-electron chi connectivity index (χ2n) is 22.6. The van der Waals surface area contributed by atoms with E-state index in [0.717, 1.165) is 77.6 Å². The van der Waals surface area contributed by atoms with E-state index in [-0.39, 0.29) is 37.9 Å². The summed E-state index contributed by atoms with van der Waals surface area (Å²) < 4.78 is 24.1. The highest BCUT2D eigenvalue weighted by Crippen LogP contribution is 2.44. The number of pyridine rings is 2. The zero-order valence-electron chi connectivity index (χ0n) is 53.6. The molecule has 5 aromatic carbocycles. The number of hydrogen-bond donors (Lipinski definition) is 2. The quantitative estimate of drug-likeness (QED) is 0.0335. The van der Waals surface area contributed by atoms with Crippen LogP contribution in [0.2, 0.25) is 0 Å². The number of rotatable bonds is 24. The molecule has 11 rings (SSSR count). The van der Waals surface area contributed by atoms with Crippen molar-refractivity contribution in [2.45, 2.75) is 133 Å². The van der Waals surface area contributed by atoms with Crippen LogP contribution in [-0.4, -0.2) is 55.2 Å².